The number of aliphatic hydroxyl groups excluding tert-OH is 2. The quantitative estimate of drug-likeness (QED) is 0.854. The lowest BCUT2D eigenvalue weighted by atomic mass is 10.0. The van der Waals surface area contributed by atoms with Gasteiger partial charge in [-0.2, -0.15) is 0 Å². The van der Waals surface area contributed by atoms with E-state index in [1.54, 1.807) is 31.3 Å². The average molecular weight is 334 g/mol. The standard InChI is InChI=1S/C18H20ClNO3/c1-20(16(11-12-21)13-7-3-2-4-8-13)18(23)17(22)14-9-5-6-10-15(14)19/h2-10,16-17,21-22H,11-12H2,1H3/t16?,17-/m1/s1. The lowest BCUT2D eigenvalue weighted by Gasteiger charge is -2.30. The number of nitrogens with zero attached hydrogens (tertiary/aromatic N) is 1. The molecular weight excluding hydrogens is 314 g/mol. The Bertz CT molecular complexity index is 648. The first-order valence-electron chi connectivity index (χ1n) is 7.41. The molecule has 0 spiro atoms. The maximum Gasteiger partial charge on any atom is 0.256 e. The van der Waals surface area contributed by atoms with E-state index < -0.39 is 12.0 Å². The first kappa shape index (κ1) is 17.5. The summed E-state index contributed by atoms with van der Waals surface area (Å²) in [6, 6.07) is 15.8. The average Bonchev–Trinajstić information content (AvgIpc) is 2.59. The van der Waals surface area contributed by atoms with Gasteiger partial charge in [0.2, 0.25) is 0 Å². The number of benzene rings is 2. The smallest absolute Gasteiger partial charge is 0.256 e. The molecule has 0 fully saturated rings. The molecule has 0 aromatic heterocycles. The number of carbonyl (C=O) groups is 1. The topological polar surface area (TPSA) is 60.8 Å². The van der Waals surface area contributed by atoms with Crippen LogP contribution in [0, 0.1) is 0 Å². The highest BCUT2D eigenvalue weighted by molar-refractivity contribution is 6.31. The molecule has 1 unspecified atom stereocenters. The van der Waals surface area contributed by atoms with Crippen LogP contribution < -0.4 is 0 Å². The maximum absolute atomic E-state index is 12.6. The SMILES string of the molecule is CN(C(=O)[C@H](O)c1ccccc1Cl)C(CCO)c1ccccc1. The summed E-state index contributed by atoms with van der Waals surface area (Å²) in [7, 11) is 1.62. The summed E-state index contributed by atoms with van der Waals surface area (Å²) in [5.41, 5.74) is 1.28. The number of likely N-dealkylation sites (N-methyl/N-ethyl adjacent to an activating group) is 1. The van der Waals surface area contributed by atoms with E-state index in [9.17, 15) is 15.0 Å². The van der Waals surface area contributed by atoms with Gasteiger partial charge in [0.05, 0.1) is 6.04 Å². The molecule has 2 aromatic carbocycles. The third-order valence-corrected chi connectivity index (χ3v) is 4.18. The molecule has 122 valence electrons. The second-order valence-corrected chi connectivity index (χ2v) is 5.72. The van der Waals surface area contributed by atoms with Gasteiger partial charge in [0.25, 0.3) is 5.91 Å². The highest BCUT2D eigenvalue weighted by Crippen LogP contribution is 2.28. The summed E-state index contributed by atoms with van der Waals surface area (Å²) in [4.78, 5) is 14.1. The van der Waals surface area contributed by atoms with Crippen molar-refractivity contribution in [3.05, 3.63) is 70.7 Å². The minimum absolute atomic E-state index is 0.0562. The zero-order valence-corrected chi connectivity index (χ0v) is 13.6. The Labute approximate surface area is 140 Å². The van der Waals surface area contributed by atoms with Gasteiger partial charge >= 0.3 is 0 Å². The van der Waals surface area contributed by atoms with Crippen LogP contribution >= 0.6 is 11.6 Å². The predicted molar refractivity (Wildman–Crippen MR) is 90.1 cm³/mol. The highest BCUT2D eigenvalue weighted by atomic mass is 35.5. The summed E-state index contributed by atoms with van der Waals surface area (Å²) >= 11 is 6.05. The first-order valence-corrected chi connectivity index (χ1v) is 7.79. The largest absolute Gasteiger partial charge is 0.396 e. The van der Waals surface area contributed by atoms with Crippen LogP contribution in [0.15, 0.2) is 54.6 Å². The van der Waals surface area contributed by atoms with Gasteiger partial charge in [-0.05, 0) is 18.1 Å². The van der Waals surface area contributed by atoms with Crippen LogP contribution in [0.2, 0.25) is 5.02 Å². The number of hydrogen-bond donors (Lipinski definition) is 2. The Morgan fingerprint density at radius 2 is 1.74 bits per heavy atom. The fourth-order valence-electron chi connectivity index (χ4n) is 2.56. The van der Waals surface area contributed by atoms with E-state index in [1.165, 1.54) is 4.90 Å². The Balaban J connectivity index is 2.24. The third-order valence-electron chi connectivity index (χ3n) is 3.84. The molecule has 2 atom stereocenters. The summed E-state index contributed by atoms with van der Waals surface area (Å²) < 4.78 is 0. The molecule has 5 heteroatoms. The van der Waals surface area contributed by atoms with Gasteiger partial charge in [-0.1, -0.05) is 60.1 Å². The van der Waals surface area contributed by atoms with Gasteiger partial charge in [0.15, 0.2) is 6.10 Å². The third kappa shape index (κ3) is 4.10. The minimum atomic E-state index is -1.33. The molecule has 2 N–H and O–H groups in total. The van der Waals surface area contributed by atoms with E-state index in [2.05, 4.69) is 0 Å². The van der Waals surface area contributed by atoms with Crippen LogP contribution in [0.3, 0.4) is 0 Å². The van der Waals surface area contributed by atoms with Crippen LogP contribution in [0.1, 0.15) is 29.7 Å². The lowest BCUT2D eigenvalue weighted by molar-refractivity contribution is -0.141. The van der Waals surface area contributed by atoms with E-state index in [0.717, 1.165) is 5.56 Å². The van der Waals surface area contributed by atoms with E-state index in [0.29, 0.717) is 17.0 Å². The van der Waals surface area contributed by atoms with Gasteiger partial charge in [-0.3, -0.25) is 4.79 Å². The van der Waals surface area contributed by atoms with Gasteiger partial charge in [0, 0.05) is 24.2 Å². The molecule has 2 aromatic rings. The molecule has 2 rings (SSSR count). The summed E-state index contributed by atoms with van der Waals surface area (Å²) in [5, 5.41) is 20.0. The molecule has 0 saturated heterocycles. The fraction of sp³-hybridized carbons (Fsp3) is 0.278. The number of hydrogen-bond acceptors (Lipinski definition) is 3. The van der Waals surface area contributed by atoms with Crippen molar-refractivity contribution in [1.82, 2.24) is 4.90 Å². The number of amides is 1. The van der Waals surface area contributed by atoms with Gasteiger partial charge in [-0.15, -0.1) is 0 Å². The van der Waals surface area contributed by atoms with Gasteiger partial charge in [0.1, 0.15) is 0 Å². The molecule has 0 radical (unpaired) electrons. The normalized spacial score (nSPS) is 13.4. The molecule has 0 saturated carbocycles. The van der Waals surface area contributed by atoms with Crippen molar-refractivity contribution in [1.29, 1.82) is 0 Å². The number of carbonyl (C=O) groups excluding carboxylic acids is 1. The molecule has 0 aliphatic carbocycles. The zero-order chi connectivity index (χ0) is 16.8. The van der Waals surface area contributed by atoms with E-state index in [1.807, 2.05) is 30.3 Å². The molecule has 4 nitrogen and oxygen atoms in total. The Hall–Kier alpha value is -1.88. The van der Waals surface area contributed by atoms with Crippen LogP contribution in [-0.2, 0) is 4.79 Å². The van der Waals surface area contributed by atoms with Crippen LogP contribution in [0.4, 0.5) is 0 Å². The molecule has 0 heterocycles. The molecular formula is C18H20ClNO3. The van der Waals surface area contributed by atoms with E-state index in [4.69, 9.17) is 11.6 Å². The number of halogens is 1. The van der Waals surface area contributed by atoms with Crippen LogP contribution in [-0.4, -0.2) is 34.7 Å². The van der Waals surface area contributed by atoms with Crippen molar-refractivity contribution in [2.75, 3.05) is 13.7 Å². The first-order chi connectivity index (χ1) is 11.1. The molecule has 23 heavy (non-hydrogen) atoms. The Kier molecular flexibility index (Phi) is 6.16. The molecule has 1 amide bonds. The zero-order valence-electron chi connectivity index (χ0n) is 12.9. The highest BCUT2D eigenvalue weighted by Gasteiger charge is 2.28. The van der Waals surface area contributed by atoms with Crippen molar-refractivity contribution < 1.29 is 15.0 Å². The van der Waals surface area contributed by atoms with Crippen LogP contribution in [0.25, 0.3) is 0 Å². The molecule has 0 aliphatic rings. The fourth-order valence-corrected chi connectivity index (χ4v) is 2.80. The van der Waals surface area contributed by atoms with Crippen molar-refractivity contribution >= 4 is 17.5 Å². The van der Waals surface area contributed by atoms with Crippen molar-refractivity contribution in [3.8, 4) is 0 Å². The summed E-state index contributed by atoms with van der Waals surface area (Å²) in [5.74, 6) is -0.458. The second kappa shape index (κ2) is 8.11. The minimum Gasteiger partial charge on any atom is -0.396 e. The predicted octanol–water partition coefficient (Wildman–Crippen LogP) is 2.96. The number of rotatable bonds is 6. The van der Waals surface area contributed by atoms with Crippen molar-refractivity contribution in [2.24, 2.45) is 0 Å². The van der Waals surface area contributed by atoms with E-state index in [-0.39, 0.29) is 12.6 Å². The van der Waals surface area contributed by atoms with Gasteiger partial charge in [-0.25, -0.2) is 0 Å². The monoisotopic (exact) mass is 333 g/mol. The maximum atomic E-state index is 12.6. The van der Waals surface area contributed by atoms with E-state index >= 15 is 0 Å². The van der Waals surface area contributed by atoms with Gasteiger partial charge < -0.3 is 15.1 Å². The molecule has 0 aliphatic heterocycles. The number of aliphatic hydroxyl groups is 2. The molecule has 0 bridgehead atoms. The second-order valence-electron chi connectivity index (χ2n) is 5.31. The van der Waals surface area contributed by atoms with Crippen molar-refractivity contribution in [3.63, 3.8) is 0 Å². The lowest BCUT2D eigenvalue weighted by Crippen LogP contribution is -2.35. The Morgan fingerprint density at radius 3 is 2.35 bits per heavy atom. The van der Waals surface area contributed by atoms with Crippen molar-refractivity contribution in [2.45, 2.75) is 18.6 Å². The Morgan fingerprint density at radius 1 is 1.13 bits per heavy atom. The van der Waals surface area contributed by atoms with Crippen LogP contribution in [0.5, 0.6) is 0 Å². The summed E-state index contributed by atoms with van der Waals surface area (Å²) in [6.07, 6.45) is -0.944. The summed E-state index contributed by atoms with van der Waals surface area (Å²) in [6.45, 7) is -0.0562.